The van der Waals surface area contributed by atoms with E-state index in [4.69, 9.17) is 4.74 Å². The van der Waals surface area contributed by atoms with Crippen molar-refractivity contribution in [2.45, 2.75) is 12.5 Å². The Labute approximate surface area is 158 Å². The molecule has 0 amide bonds. The average Bonchev–Trinajstić information content (AvgIpc) is 2.72. The average molecular weight is 357 g/mol. The summed E-state index contributed by atoms with van der Waals surface area (Å²) >= 11 is 0. The lowest BCUT2D eigenvalue weighted by Crippen LogP contribution is -2.43. The first-order chi connectivity index (χ1) is 13.1. The third-order valence-corrected chi connectivity index (χ3v) is 4.47. The molecule has 1 atom stereocenters. The largest absolute Gasteiger partial charge is 0.495 e. The second kappa shape index (κ2) is 7.71. The van der Waals surface area contributed by atoms with Crippen molar-refractivity contribution in [3.63, 3.8) is 0 Å². The van der Waals surface area contributed by atoms with Crippen molar-refractivity contribution in [2.75, 3.05) is 12.4 Å². The van der Waals surface area contributed by atoms with Crippen LogP contribution in [0.4, 0.5) is 5.69 Å². The van der Waals surface area contributed by atoms with Crippen molar-refractivity contribution < 1.29 is 9.53 Å². The molecular formula is C22H19N3O2. The predicted octanol–water partition coefficient (Wildman–Crippen LogP) is 3.91. The van der Waals surface area contributed by atoms with Crippen LogP contribution >= 0.6 is 0 Å². The van der Waals surface area contributed by atoms with Crippen LogP contribution in [0.15, 0.2) is 73.1 Å². The summed E-state index contributed by atoms with van der Waals surface area (Å²) in [7, 11) is 1.54. The summed E-state index contributed by atoms with van der Waals surface area (Å²) < 4.78 is 5.50. The molecule has 1 heterocycles. The number of benzene rings is 2. The molecule has 0 aliphatic heterocycles. The third kappa shape index (κ3) is 3.38. The number of carbonyl (C=O) groups is 1. The van der Waals surface area contributed by atoms with Gasteiger partial charge in [0.15, 0.2) is 11.3 Å². The van der Waals surface area contributed by atoms with E-state index in [9.17, 15) is 10.1 Å². The number of nitrogens with zero attached hydrogens (tertiary/aromatic N) is 2. The molecule has 0 saturated heterocycles. The fourth-order valence-electron chi connectivity index (χ4n) is 3.19. The number of hydrogen-bond donors (Lipinski definition) is 1. The van der Waals surface area contributed by atoms with E-state index < -0.39 is 5.54 Å². The van der Waals surface area contributed by atoms with E-state index in [0.717, 1.165) is 5.69 Å². The molecule has 1 aromatic heterocycles. The minimum atomic E-state index is -1.23. The van der Waals surface area contributed by atoms with Crippen LogP contribution in [0.25, 0.3) is 0 Å². The van der Waals surface area contributed by atoms with E-state index in [1.807, 2.05) is 36.4 Å². The second-order valence-corrected chi connectivity index (χ2v) is 6.07. The predicted molar refractivity (Wildman–Crippen MR) is 103 cm³/mol. The van der Waals surface area contributed by atoms with Crippen molar-refractivity contribution >= 4 is 11.5 Å². The molecule has 3 rings (SSSR count). The van der Waals surface area contributed by atoms with Gasteiger partial charge in [-0.3, -0.25) is 9.78 Å². The highest BCUT2D eigenvalue weighted by molar-refractivity contribution is 5.95. The number of anilines is 1. The summed E-state index contributed by atoms with van der Waals surface area (Å²) in [4.78, 5) is 17.2. The van der Waals surface area contributed by atoms with Gasteiger partial charge in [0.05, 0.1) is 24.9 Å². The highest BCUT2D eigenvalue weighted by atomic mass is 16.5. The SMILES string of the molecule is COc1cnccc1C(Nc1ccccc1)(C(C)=O)c1cccc(C#N)c1. The minimum absolute atomic E-state index is 0.133. The number of Topliss-reactive ketones (excluding diaryl/α,β-unsaturated/α-hetero) is 1. The smallest absolute Gasteiger partial charge is 0.164 e. The Bertz CT molecular complexity index is 996. The zero-order valence-electron chi connectivity index (χ0n) is 15.1. The molecule has 0 bridgehead atoms. The van der Waals surface area contributed by atoms with Gasteiger partial charge in [0.2, 0.25) is 0 Å². The zero-order valence-corrected chi connectivity index (χ0v) is 15.1. The van der Waals surface area contributed by atoms with Gasteiger partial charge in [-0.1, -0.05) is 30.3 Å². The summed E-state index contributed by atoms with van der Waals surface area (Å²) in [5, 5.41) is 12.7. The molecule has 3 aromatic rings. The lowest BCUT2D eigenvalue weighted by molar-refractivity contribution is -0.120. The minimum Gasteiger partial charge on any atom is -0.495 e. The van der Waals surface area contributed by atoms with Gasteiger partial charge in [0.25, 0.3) is 0 Å². The van der Waals surface area contributed by atoms with Crippen LogP contribution in [0.2, 0.25) is 0 Å². The number of nitriles is 1. The van der Waals surface area contributed by atoms with Crippen LogP contribution < -0.4 is 10.1 Å². The number of ketones is 1. The normalized spacial score (nSPS) is 12.5. The Morgan fingerprint density at radius 3 is 2.59 bits per heavy atom. The lowest BCUT2D eigenvalue weighted by atomic mass is 9.78. The standard InChI is InChI=1S/C22H19N3O2/c1-16(26)22(25-19-9-4-3-5-10-19,18-8-6-7-17(13-18)14-23)20-11-12-24-15-21(20)27-2/h3-13,15,25H,1-2H3. The maximum Gasteiger partial charge on any atom is 0.164 e. The first-order valence-electron chi connectivity index (χ1n) is 8.45. The Hall–Kier alpha value is -3.65. The lowest BCUT2D eigenvalue weighted by Gasteiger charge is -2.35. The van der Waals surface area contributed by atoms with Crippen molar-refractivity contribution in [3.05, 3.63) is 89.7 Å². The van der Waals surface area contributed by atoms with Gasteiger partial charge in [-0.15, -0.1) is 0 Å². The number of methoxy groups -OCH3 is 1. The highest BCUT2D eigenvalue weighted by Gasteiger charge is 2.42. The molecule has 5 nitrogen and oxygen atoms in total. The van der Waals surface area contributed by atoms with Gasteiger partial charge >= 0.3 is 0 Å². The van der Waals surface area contributed by atoms with Crippen LogP contribution in [-0.4, -0.2) is 17.9 Å². The monoisotopic (exact) mass is 357 g/mol. The summed E-state index contributed by atoms with van der Waals surface area (Å²) in [5.41, 5.74) is 1.30. The maximum atomic E-state index is 13.1. The molecule has 2 aromatic carbocycles. The van der Waals surface area contributed by atoms with E-state index >= 15 is 0 Å². The molecular weight excluding hydrogens is 338 g/mol. The summed E-state index contributed by atoms with van der Waals surface area (Å²) in [6.07, 6.45) is 3.20. The number of hydrogen-bond acceptors (Lipinski definition) is 5. The Morgan fingerprint density at radius 2 is 1.93 bits per heavy atom. The molecule has 1 N–H and O–H groups in total. The van der Waals surface area contributed by atoms with Crippen molar-refractivity contribution in [3.8, 4) is 11.8 Å². The first-order valence-corrected chi connectivity index (χ1v) is 8.45. The van der Waals surface area contributed by atoms with E-state index in [1.165, 1.54) is 6.92 Å². The van der Waals surface area contributed by atoms with E-state index in [0.29, 0.717) is 22.4 Å². The van der Waals surface area contributed by atoms with E-state index in [1.54, 1.807) is 43.8 Å². The zero-order chi connectivity index (χ0) is 19.3. The molecule has 0 aliphatic carbocycles. The van der Waals surface area contributed by atoms with Crippen molar-refractivity contribution in [1.82, 2.24) is 4.98 Å². The number of ether oxygens (including phenoxy) is 1. The number of rotatable bonds is 6. The van der Waals surface area contributed by atoms with Gasteiger partial charge in [-0.05, 0) is 42.8 Å². The number of pyridine rings is 1. The van der Waals surface area contributed by atoms with Crippen LogP contribution in [0.5, 0.6) is 5.75 Å². The van der Waals surface area contributed by atoms with Gasteiger partial charge in [0, 0.05) is 17.4 Å². The summed E-state index contributed by atoms with van der Waals surface area (Å²) in [6, 6.07) is 20.4. The second-order valence-electron chi connectivity index (χ2n) is 6.07. The van der Waals surface area contributed by atoms with E-state index in [2.05, 4.69) is 16.4 Å². The first kappa shape index (κ1) is 18.2. The van der Waals surface area contributed by atoms with Gasteiger partial charge in [0.1, 0.15) is 5.75 Å². The molecule has 5 heteroatoms. The third-order valence-electron chi connectivity index (χ3n) is 4.47. The number of carbonyl (C=O) groups excluding carboxylic acids is 1. The van der Waals surface area contributed by atoms with Crippen molar-refractivity contribution in [2.24, 2.45) is 0 Å². The van der Waals surface area contributed by atoms with Gasteiger partial charge in [-0.2, -0.15) is 5.26 Å². The molecule has 27 heavy (non-hydrogen) atoms. The van der Waals surface area contributed by atoms with Crippen molar-refractivity contribution in [1.29, 1.82) is 5.26 Å². The molecule has 134 valence electrons. The number of para-hydroxylation sites is 1. The topological polar surface area (TPSA) is 75.0 Å². The molecule has 0 radical (unpaired) electrons. The van der Waals surface area contributed by atoms with E-state index in [-0.39, 0.29) is 5.78 Å². The summed E-state index contributed by atoms with van der Waals surface area (Å²) in [6.45, 7) is 1.52. The highest BCUT2D eigenvalue weighted by Crippen LogP contribution is 2.39. The molecule has 0 saturated carbocycles. The van der Waals surface area contributed by atoms with Gasteiger partial charge in [-0.25, -0.2) is 0 Å². The summed E-state index contributed by atoms with van der Waals surface area (Å²) in [5.74, 6) is 0.351. The van der Waals surface area contributed by atoms with Crippen LogP contribution in [-0.2, 0) is 10.3 Å². The molecule has 1 unspecified atom stereocenters. The van der Waals surface area contributed by atoms with Crippen LogP contribution in [0, 0.1) is 11.3 Å². The fourth-order valence-corrected chi connectivity index (χ4v) is 3.19. The molecule has 0 fully saturated rings. The quantitative estimate of drug-likeness (QED) is 0.724. The Kier molecular flexibility index (Phi) is 5.18. The Balaban J connectivity index is 2.32. The maximum absolute atomic E-state index is 13.1. The Morgan fingerprint density at radius 1 is 1.15 bits per heavy atom. The van der Waals surface area contributed by atoms with Crippen LogP contribution in [0.3, 0.4) is 0 Å². The fraction of sp³-hybridized carbons (Fsp3) is 0.136. The number of nitrogens with one attached hydrogen (secondary N) is 1. The molecule has 0 aliphatic rings. The number of aromatic nitrogens is 1. The molecule has 0 spiro atoms. The van der Waals surface area contributed by atoms with Gasteiger partial charge < -0.3 is 10.1 Å². The van der Waals surface area contributed by atoms with Crippen LogP contribution in [0.1, 0.15) is 23.6 Å².